The fourth-order valence-electron chi connectivity index (χ4n) is 1.81. The van der Waals surface area contributed by atoms with Gasteiger partial charge in [-0.1, -0.05) is 25.2 Å². The lowest BCUT2D eigenvalue weighted by molar-refractivity contribution is 0.230. The number of ether oxygens (including phenoxy) is 1. The van der Waals surface area contributed by atoms with Crippen molar-refractivity contribution < 1.29 is 4.74 Å². The van der Waals surface area contributed by atoms with Gasteiger partial charge < -0.3 is 15.0 Å². The van der Waals surface area contributed by atoms with Crippen LogP contribution >= 0.6 is 11.3 Å². The summed E-state index contributed by atoms with van der Waals surface area (Å²) in [6.45, 7) is 7.82. The first-order valence-corrected chi connectivity index (χ1v) is 7.83. The highest BCUT2D eigenvalue weighted by Crippen LogP contribution is 2.25. The van der Waals surface area contributed by atoms with Gasteiger partial charge >= 0.3 is 0 Å². The standard InChI is InChI=1S/C13H24N4OS/c1-10(2)8-14-9-12-15-16-13(19-12)18-7-6-17(3)11-4-5-11/h10-11,14H,4-9H2,1-3H3. The Hall–Kier alpha value is -0.720. The molecule has 1 fully saturated rings. The Morgan fingerprint density at radius 3 is 2.89 bits per heavy atom. The van der Waals surface area contributed by atoms with Gasteiger partial charge in [0.2, 0.25) is 0 Å². The minimum absolute atomic E-state index is 0.654. The minimum atomic E-state index is 0.654. The van der Waals surface area contributed by atoms with Gasteiger partial charge in [-0.15, -0.1) is 10.2 Å². The second-order valence-electron chi connectivity index (χ2n) is 5.55. The van der Waals surface area contributed by atoms with Crippen molar-refractivity contribution in [1.29, 1.82) is 0 Å². The Labute approximate surface area is 119 Å². The van der Waals surface area contributed by atoms with Gasteiger partial charge in [-0.05, 0) is 32.4 Å². The first-order valence-electron chi connectivity index (χ1n) is 7.01. The molecule has 108 valence electrons. The van der Waals surface area contributed by atoms with Crippen LogP contribution in [-0.2, 0) is 6.54 Å². The largest absolute Gasteiger partial charge is 0.468 e. The Bertz CT molecular complexity index is 378. The number of hydrogen-bond acceptors (Lipinski definition) is 6. The van der Waals surface area contributed by atoms with Crippen molar-refractivity contribution >= 4 is 11.3 Å². The lowest BCUT2D eigenvalue weighted by Gasteiger charge is -2.14. The third-order valence-electron chi connectivity index (χ3n) is 3.12. The molecule has 1 saturated carbocycles. The third kappa shape index (κ3) is 5.42. The van der Waals surface area contributed by atoms with E-state index in [0.717, 1.165) is 30.7 Å². The van der Waals surface area contributed by atoms with Crippen molar-refractivity contribution in [1.82, 2.24) is 20.4 Å². The molecule has 5 nitrogen and oxygen atoms in total. The van der Waals surface area contributed by atoms with E-state index in [1.165, 1.54) is 24.2 Å². The van der Waals surface area contributed by atoms with Crippen LogP contribution < -0.4 is 10.1 Å². The topological polar surface area (TPSA) is 50.3 Å². The molecule has 1 aliphatic rings. The van der Waals surface area contributed by atoms with E-state index >= 15 is 0 Å². The summed E-state index contributed by atoms with van der Waals surface area (Å²) in [5.74, 6) is 0.654. The van der Waals surface area contributed by atoms with Crippen LogP contribution in [0.2, 0.25) is 0 Å². The molecular formula is C13H24N4OS. The maximum Gasteiger partial charge on any atom is 0.294 e. The van der Waals surface area contributed by atoms with E-state index in [-0.39, 0.29) is 0 Å². The molecule has 19 heavy (non-hydrogen) atoms. The Balaban J connectivity index is 1.62. The Kier molecular flexibility index (Phi) is 5.54. The van der Waals surface area contributed by atoms with Crippen LogP contribution in [0.15, 0.2) is 0 Å². The predicted molar refractivity (Wildman–Crippen MR) is 77.6 cm³/mol. The van der Waals surface area contributed by atoms with E-state index in [1.807, 2.05) is 0 Å². The average molecular weight is 284 g/mol. The summed E-state index contributed by atoms with van der Waals surface area (Å²) in [6.07, 6.45) is 2.67. The number of hydrogen-bond donors (Lipinski definition) is 1. The van der Waals surface area contributed by atoms with E-state index in [4.69, 9.17) is 4.74 Å². The van der Waals surface area contributed by atoms with Gasteiger partial charge in [0.05, 0.1) is 0 Å². The number of nitrogens with zero attached hydrogens (tertiary/aromatic N) is 3. The molecule has 1 aromatic rings. The summed E-state index contributed by atoms with van der Waals surface area (Å²) in [7, 11) is 2.16. The highest BCUT2D eigenvalue weighted by atomic mass is 32.1. The lowest BCUT2D eigenvalue weighted by atomic mass is 10.2. The molecule has 0 aromatic carbocycles. The zero-order chi connectivity index (χ0) is 13.7. The summed E-state index contributed by atoms with van der Waals surface area (Å²) in [6, 6.07) is 0.786. The molecule has 0 spiro atoms. The van der Waals surface area contributed by atoms with E-state index in [1.54, 1.807) is 0 Å². The third-order valence-corrected chi connectivity index (χ3v) is 3.95. The van der Waals surface area contributed by atoms with Crippen LogP contribution in [0.3, 0.4) is 0 Å². The first-order chi connectivity index (χ1) is 9.15. The molecule has 0 saturated heterocycles. The summed E-state index contributed by atoms with van der Waals surface area (Å²) in [5.41, 5.74) is 0. The van der Waals surface area contributed by atoms with Gasteiger partial charge in [0.15, 0.2) is 0 Å². The second kappa shape index (κ2) is 7.17. The van der Waals surface area contributed by atoms with E-state index < -0.39 is 0 Å². The average Bonchev–Trinajstić information content (AvgIpc) is 3.11. The molecule has 6 heteroatoms. The maximum atomic E-state index is 5.64. The Morgan fingerprint density at radius 1 is 1.42 bits per heavy atom. The van der Waals surface area contributed by atoms with Crippen LogP contribution in [0.4, 0.5) is 0 Å². The van der Waals surface area contributed by atoms with Crippen molar-refractivity contribution in [3.63, 3.8) is 0 Å². The maximum absolute atomic E-state index is 5.64. The summed E-state index contributed by atoms with van der Waals surface area (Å²) in [4.78, 5) is 2.35. The Morgan fingerprint density at radius 2 is 2.21 bits per heavy atom. The van der Waals surface area contributed by atoms with Gasteiger partial charge in [-0.3, -0.25) is 0 Å². The molecule has 0 unspecified atom stereocenters. The van der Waals surface area contributed by atoms with Gasteiger partial charge in [0.25, 0.3) is 5.19 Å². The molecule has 1 heterocycles. The van der Waals surface area contributed by atoms with Crippen LogP contribution in [-0.4, -0.2) is 47.9 Å². The molecule has 0 amide bonds. The smallest absolute Gasteiger partial charge is 0.294 e. The second-order valence-corrected chi connectivity index (χ2v) is 6.57. The minimum Gasteiger partial charge on any atom is -0.468 e. The van der Waals surface area contributed by atoms with Crippen molar-refractivity contribution in [2.45, 2.75) is 39.3 Å². The van der Waals surface area contributed by atoms with Gasteiger partial charge in [-0.25, -0.2) is 0 Å². The van der Waals surface area contributed by atoms with Crippen LogP contribution in [0.5, 0.6) is 5.19 Å². The predicted octanol–water partition coefficient (Wildman–Crippen LogP) is 1.76. The summed E-state index contributed by atoms with van der Waals surface area (Å²) < 4.78 is 5.64. The van der Waals surface area contributed by atoms with Crippen LogP contribution in [0.25, 0.3) is 0 Å². The van der Waals surface area contributed by atoms with Crippen molar-refractivity contribution in [2.24, 2.45) is 5.92 Å². The van der Waals surface area contributed by atoms with Gasteiger partial charge in [0.1, 0.15) is 11.6 Å². The number of nitrogens with one attached hydrogen (secondary N) is 1. The van der Waals surface area contributed by atoms with Crippen molar-refractivity contribution in [3.05, 3.63) is 5.01 Å². The fraction of sp³-hybridized carbons (Fsp3) is 0.846. The quantitative estimate of drug-likeness (QED) is 0.749. The molecule has 0 aliphatic heterocycles. The van der Waals surface area contributed by atoms with Gasteiger partial charge in [-0.2, -0.15) is 0 Å². The van der Waals surface area contributed by atoms with Crippen LogP contribution in [0.1, 0.15) is 31.7 Å². The highest BCUT2D eigenvalue weighted by Gasteiger charge is 2.25. The number of aromatic nitrogens is 2. The number of rotatable bonds is 9. The molecule has 0 radical (unpaired) electrons. The van der Waals surface area contributed by atoms with Crippen molar-refractivity contribution in [2.75, 3.05) is 26.7 Å². The number of likely N-dealkylation sites (N-methyl/N-ethyl adjacent to an activating group) is 1. The zero-order valence-electron chi connectivity index (χ0n) is 12.1. The molecule has 1 aromatic heterocycles. The summed E-state index contributed by atoms with van der Waals surface area (Å²) in [5, 5.41) is 13.2. The monoisotopic (exact) mass is 284 g/mol. The normalized spacial score (nSPS) is 15.4. The first kappa shape index (κ1) is 14.7. The molecule has 0 atom stereocenters. The molecule has 0 bridgehead atoms. The lowest BCUT2D eigenvalue weighted by Crippen LogP contribution is -2.26. The molecular weight excluding hydrogens is 260 g/mol. The molecule has 1 aliphatic carbocycles. The molecule has 2 rings (SSSR count). The molecule has 1 N–H and O–H groups in total. The fourth-order valence-corrected chi connectivity index (χ4v) is 2.49. The van der Waals surface area contributed by atoms with E-state index in [2.05, 4.69) is 41.3 Å². The summed E-state index contributed by atoms with van der Waals surface area (Å²) >= 11 is 1.53. The zero-order valence-corrected chi connectivity index (χ0v) is 12.9. The highest BCUT2D eigenvalue weighted by molar-refractivity contribution is 7.13. The van der Waals surface area contributed by atoms with Crippen LogP contribution in [0, 0.1) is 5.92 Å². The van der Waals surface area contributed by atoms with E-state index in [9.17, 15) is 0 Å². The SMILES string of the molecule is CC(C)CNCc1nnc(OCCN(C)C2CC2)s1. The van der Waals surface area contributed by atoms with E-state index in [0.29, 0.717) is 17.7 Å². The van der Waals surface area contributed by atoms with Gasteiger partial charge in [0, 0.05) is 19.1 Å². The van der Waals surface area contributed by atoms with Crippen molar-refractivity contribution in [3.8, 4) is 5.19 Å².